The van der Waals surface area contributed by atoms with E-state index in [1.807, 2.05) is 36.4 Å². The Balaban J connectivity index is 1.07. The van der Waals surface area contributed by atoms with E-state index < -0.39 is 24.2 Å². The van der Waals surface area contributed by atoms with Crippen molar-refractivity contribution < 1.29 is 38.8 Å². The van der Waals surface area contributed by atoms with Crippen molar-refractivity contribution in [1.29, 1.82) is 0 Å². The third-order valence-corrected chi connectivity index (χ3v) is 7.45. The number of ether oxygens (including phenoxy) is 3. The number of carbonyl (C=O) groups excluding carboxylic acids is 3. The lowest BCUT2D eigenvalue weighted by Gasteiger charge is -2.22. The number of rotatable bonds is 17. The molecule has 0 aliphatic heterocycles. The van der Waals surface area contributed by atoms with Gasteiger partial charge in [-0.3, -0.25) is 14.4 Å². The van der Waals surface area contributed by atoms with Gasteiger partial charge in [0.15, 0.2) is 0 Å². The molecule has 1 fully saturated rings. The number of Topliss-reactive ketones (excluding diaryl/α,β-unsaturated/α-hetero) is 1. The number of hydrogen-bond donors (Lipinski definition) is 3. The normalized spacial score (nSPS) is 18.5. The Bertz CT molecular complexity index is 1380. The van der Waals surface area contributed by atoms with Gasteiger partial charge in [0.2, 0.25) is 0 Å². The average molecular weight is 616 g/mol. The van der Waals surface area contributed by atoms with Crippen LogP contribution in [0, 0.1) is 5.92 Å². The number of nitrogens with one attached hydrogen (secondary N) is 1. The minimum Gasteiger partial charge on any atom is -0.491 e. The molecule has 45 heavy (non-hydrogen) atoms. The van der Waals surface area contributed by atoms with Gasteiger partial charge in [-0.1, -0.05) is 55.0 Å². The van der Waals surface area contributed by atoms with E-state index in [9.17, 15) is 24.6 Å². The highest BCUT2D eigenvalue weighted by atomic mass is 16.5. The van der Waals surface area contributed by atoms with Crippen LogP contribution in [0.1, 0.15) is 55.3 Å². The summed E-state index contributed by atoms with van der Waals surface area (Å²) in [6.45, 7) is 0.00932. The quantitative estimate of drug-likeness (QED) is 0.0784. The summed E-state index contributed by atoms with van der Waals surface area (Å²) in [5.41, 5.74) is 1.17. The van der Waals surface area contributed by atoms with Gasteiger partial charge < -0.3 is 29.7 Å². The van der Waals surface area contributed by atoms with Crippen LogP contribution in [0.5, 0.6) is 11.5 Å². The largest absolute Gasteiger partial charge is 0.491 e. The van der Waals surface area contributed by atoms with Crippen LogP contribution in [0.3, 0.4) is 0 Å². The summed E-state index contributed by atoms with van der Waals surface area (Å²) in [5.74, 6) is 0.0404. The number of allylic oxidation sites excluding steroid dienone is 2. The predicted octanol–water partition coefficient (Wildman–Crippen LogP) is 5.52. The van der Waals surface area contributed by atoms with Gasteiger partial charge in [-0.25, -0.2) is 0 Å². The van der Waals surface area contributed by atoms with Crippen molar-refractivity contribution in [3.05, 3.63) is 103 Å². The average Bonchev–Trinajstić information content (AvgIpc) is 3.33. The molecule has 3 aromatic rings. The summed E-state index contributed by atoms with van der Waals surface area (Å²) in [6.07, 6.45) is 5.53. The van der Waals surface area contributed by atoms with E-state index in [-0.39, 0.29) is 37.3 Å². The van der Waals surface area contributed by atoms with Crippen molar-refractivity contribution >= 4 is 23.3 Å². The molecule has 4 rings (SSSR count). The molecule has 0 heterocycles. The predicted molar refractivity (Wildman–Crippen MR) is 170 cm³/mol. The minimum atomic E-state index is -0.892. The number of ketones is 1. The molecule has 9 heteroatoms. The Labute approximate surface area is 263 Å². The molecule has 0 bridgehead atoms. The second-order valence-corrected chi connectivity index (χ2v) is 11.0. The fourth-order valence-corrected chi connectivity index (χ4v) is 5.05. The molecule has 3 N–H and O–H groups in total. The van der Waals surface area contributed by atoms with Crippen molar-refractivity contribution in [3.63, 3.8) is 0 Å². The lowest BCUT2D eigenvalue weighted by molar-refractivity contribution is -0.134. The van der Waals surface area contributed by atoms with Crippen LogP contribution >= 0.6 is 0 Å². The molecule has 1 aliphatic rings. The molecule has 3 aromatic carbocycles. The maximum atomic E-state index is 12.4. The van der Waals surface area contributed by atoms with Crippen molar-refractivity contribution in [3.8, 4) is 11.5 Å². The van der Waals surface area contributed by atoms with E-state index >= 15 is 0 Å². The lowest BCUT2D eigenvalue weighted by atomic mass is 9.99. The molecule has 0 spiro atoms. The molecule has 1 amide bonds. The zero-order chi connectivity index (χ0) is 31.9. The Morgan fingerprint density at radius 1 is 0.867 bits per heavy atom. The van der Waals surface area contributed by atoms with Gasteiger partial charge in [-0.15, -0.1) is 0 Å². The van der Waals surface area contributed by atoms with Crippen LogP contribution in [0.15, 0.2) is 97.1 Å². The first-order chi connectivity index (χ1) is 21.9. The summed E-state index contributed by atoms with van der Waals surface area (Å²) >= 11 is 0. The van der Waals surface area contributed by atoms with Gasteiger partial charge in [0.1, 0.15) is 30.0 Å². The number of unbranched alkanes of at least 4 members (excludes halogenated alkanes) is 3. The van der Waals surface area contributed by atoms with Crippen molar-refractivity contribution in [2.45, 2.75) is 63.3 Å². The smallest absolute Gasteiger partial charge is 0.311 e. The number of aliphatic hydroxyl groups excluding tert-OH is 2. The fraction of sp³-hybridized carbons (Fsp3) is 0.361. The minimum absolute atomic E-state index is 0.0389. The molecule has 1 aliphatic carbocycles. The maximum Gasteiger partial charge on any atom is 0.311 e. The SMILES string of the molecule is O=C(CCCCCC=CC[C@@H]1C(=O)C[C@H](O)[C@H]1OCC(O)COc1ccccc1)Oc1ccc(NC(=O)c2ccccc2)cc1. The van der Waals surface area contributed by atoms with Crippen molar-refractivity contribution in [2.75, 3.05) is 18.5 Å². The summed E-state index contributed by atoms with van der Waals surface area (Å²) in [7, 11) is 0. The van der Waals surface area contributed by atoms with Gasteiger partial charge >= 0.3 is 5.97 Å². The number of benzene rings is 3. The van der Waals surface area contributed by atoms with E-state index in [1.165, 1.54) is 0 Å². The topological polar surface area (TPSA) is 131 Å². The Morgan fingerprint density at radius 3 is 2.31 bits per heavy atom. The molecule has 0 radical (unpaired) electrons. The van der Waals surface area contributed by atoms with Gasteiger partial charge in [0, 0.05) is 30.0 Å². The van der Waals surface area contributed by atoms with E-state index in [0.29, 0.717) is 42.0 Å². The molecular formula is C36H41NO8. The number of esters is 1. The molecule has 9 nitrogen and oxygen atoms in total. The molecule has 1 saturated carbocycles. The number of carbonyl (C=O) groups is 3. The molecule has 1 unspecified atom stereocenters. The molecule has 0 aromatic heterocycles. The van der Waals surface area contributed by atoms with Crippen LogP contribution in [-0.2, 0) is 14.3 Å². The molecular weight excluding hydrogens is 574 g/mol. The van der Waals surface area contributed by atoms with E-state index in [2.05, 4.69) is 5.32 Å². The highest BCUT2D eigenvalue weighted by Crippen LogP contribution is 2.29. The third kappa shape index (κ3) is 11.3. The summed E-state index contributed by atoms with van der Waals surface area (Å²) < 4.78 is 16.7. The number of anilines is 1. The standard InChI is InChI=1S/C36H41NO8/c38-28(24-43-29-15-9-6-10-16-29)25-44-35-31(32(39)23-33(35)40)17-11-3-1-2-4-12-18-34(41)45-30-21-19-27(20-22-30)37-36(42)26-13-7-5-8-14-26/h3,5-11,13-16,19-22,28,31,33,35,38,40H,1-2,4,12,17-18,23-25H2,(H,37,42)/t28?,31-,33+,35+/m1/s1. The van der Waals surface area contributed by atoms with Gasteiger partial charge in [-0.2, -0.15) is 0 Å². The second-order valence-electron chi connectivity index (χ2n) is 11.0. The van der Waals surface area contributed by atoms with Crippen LogP contribution in [0.25, 0.3) is 0 Å². The van der Waals surface area contributed by atoms with Gasteiger partial charge in [0.25, 0.3) is 5.91 Å². The Hall–Kier alpha value is -4.31. The summed E-state index contributed by atoms with van der Waals surface area (Å²) in [6, 6.07) is 24.7. The zero-order valence-electron chi connectivity index (χ0n) is 25.3. The summed E-state index contributed by atoms with van der Waals surface area (Å²) in [4.78, 5) is 36.9. The first-order valence-corrected chi connectivity index (χ1v) is 15.4. The van der Waals surface area contributed by atoms with E-state index in [1.54, 1.807) is 60.7 Å². The molecule has 238 valence electrons. The van der Waals surface area contributed by atoms with Crippen molar-refractivity contribution in [1.82, 2.24) is 0 Å². The van der Waals surface area contributed by atoms with Crippen molar-refractivity contribution in [2.24, 2.45) is 5.92 Å². The second kappa shape index (κ2) is 17.9. The Kier molecular flexibility index (Phi) is 13.3. The number of hydrogen-bond acceptors (Lipinski definition) is 8. The van der Waals surface area contributed by atoms with Crippen LogP contribution in [-0.4, -0.2) is 59.4 Å². The summed E-state index contributed by atoms with van der Waals surface area (Å²) in [5, 5.41) is 23.4. The van der Waals surface area contributed by atoms with Crippen LogP contribution < -0.4 is 14.8 Å². The third-order valence-electron chi connectivity index (χ3n) is 7.45. The number of amides is 1. The van der Waals surface area contributed by atoms with Crippen LogP contribution in [0.2, 0.25) is 0 Å². The first-order valence-electron chi connectivity index (χ1n) is 15.4. The number of aliphatic hydroxyl groups is 2. The number of para-hydroxylation sites is 1. The highest BCUT2D eigenvalue weighted by Gasteiger charge is 2.41. The van der Waals surface area contributed by atoms with E-state index in [4.69, 9.17) is 14.2 Å². The molecule has 4 atom stereocenters. The Morgan fingerprint density at radius 2 is 1.58 bits per heavy atom. The van der Waals surface area contributed by atoms with Gasteiger partial charge in [0.05, 0.1) is 18.8 Å². The fourth-order valence-electron chi connectivity index (χ4n) is 5.05. The molecule has 0 saturated heterocycles. The monoisotopic (exact) mass is 615 g/mol. The lowest BCUT2D eigenvalue weighted by Crippen LogP contribution is -2.34. The highest BCUT2D eigenvalue weighted by molar-refractivity contribution is 6.04. The maximum absolute atomic E-state index is 12.4. The zero-order valence-corrected chi connectivity index (χ0v) is 25.3. The first kappa shape index (κ1) is 33.6. The van der Waals surface area contributed by atoms with E-state index in [0.717, 1.165) is 19.3 Å². The van der Waals surface area contributed by atoms with Crippen LogP contribution in [0.4, 0.5) is 5.69 Å². The van der Waals surface area contributed by atoms with Gasteiger partial charge in [-0.05, 0) is 74.2 Å².